The van der Waals surface area contributed by atoms with Crippen molar-refractivity contribution in [1.29, 1.82) is 0 Å². The molecule has 0 spiro atoms. The lowest BCUT2D eigenvalue weighted by Crippen LogP contribution is -2.53. The highest BCUT2D eigenvalue weighted by Crippen LogP contribution is 2.63. The minimum absolute atomic E-state index is 0.0576. The van der Waals surface area contributed by atoms with Crippen LogP contribution in [0.2, 0.25) is 0 Å². The van der Waals surface area contributed by atoms with E-state index in [0.717, 1.165) is 51.6 Å². The average molecular weight is 416 g/mol. The summed E-state index contributed by atoms with van der Waals surface area (Å²) in [5, 5.41) is 24.2. The van der Waals surface area contributed by atoms with E-state index in [1.165, 1.54) is 11.3 Å². The third kappa shape index (κ3) is 3.68. The number of rotatable bonds is 6. The fourth-order valence-corrected chi connectivity index (χ4v) is 7.40. The van der Waals surface area contributed by atoms with E-state index < -0.39 is 0 Å². The van der Waals surface area contributed by atoms with Gasteiger partial charge in [0.1, 0.15) is 0 Å². The first kappa shape index (κ1) is 22.1. The number of aromatic amines is 1. The first-order valence-corrected chi connectivity index (χ1v) is 11.9. The van der Waals surface area contributed by atoms with Gasteiger partial charge in [0.15, 0.2) is 0 Å². The fraction of sp³-hybridized carbons (Fsp3) is 0.760. The number of hydrogen-bond donors (Lipinski definition) is 5. The molecular formula is C25H41N3O2. The van der Waals surface area contributed by atoms with E-state index >= 15 is 0 Å². The van der Waals surface area contributed by atoms with Gasteiger partial charge in [0.05, 0.1) is 6.10 Å². The Bertz CT molecular complexity index is 735. The Hall–Kier alpha value is -1.14. The second kappa shape index (κ2) is 8.42. The Morgan fingerprint density at radius 2 is 2.03 bits per heavy atom. The lowest BCUT2D eigenvalue weighted by molar-refractivity contribution is -0.0934. The number of aromatic nitrogens is 1. The van der Waals surface area contributed by atoms with Crippen molar-refractivity contribution in [3.8, 4) is 0 Å². The quantitative estimate of drug-likeness (QED) is 0.461. The molecule has 6 N–H and O–H groups in total. The van der Waals surface area contributed by atoms with Gasteiger partial charge < -0.3 is 26.2 Å². The monoisotopic (exact) mass is 415 g/mol. The summed E-state index contributed by atoms with van der Waals surface area (Å²) in [5.74, 6) is 1.71. The summed E-state index contributed by atoms with van der Waals surface area (Å²) >= 11 is 0. The summed E-state index contributed by atoms with van der Waals surface area (Å²) in [6, 6.07) is 4.26. The second-order valence-corrected chi connectivity index (χ2v) is 10.8. The highest BCUT2D eigenvalue weighted by molar-refractivity contribution is 5.26. The van der Waals surface area contributed by atoms with Gasteiger partial charge >= 0.3 is 0 Å². The summed E-state index contributed by atoms with van der Waals surface area (Å²) in [7, 11) is 0. The maximum Gasteiger partial charge on any atom is 0.0544 e. The van der Waals surface area contributed by atoms with Gasteiger partial charge in [-0.15, -0.1) is 0 Å². The molecule has 168 valence electrons. The SMILES string of the molecule is C=C1C(N)CC2[C@H](CNCc3ccc[nH]3)C([C@@]3(C)CC[C@H](O)C[C@@H]3CO)CC[C@]12C. The summed E-state index contributed by atoms with van der Waals surface area (Å²) in [5.41, 5.74) is 9.14. The summed E-state index contributed by atoms with van der Waals surface area (Å²) in [6.07, 6.45) is 7.57. The normalized spacial score (nSPS) is 44.2. The molecule has 3 saturated carbocycles. The third-order valence-corrected chi connectivity index (χ3v) is 9.45. The van der Waals surface area contributed by atoms with Gasteiger partial charge in [-0.3, -0.25) is 0 Å². The van der Waals surface area contributed by atoms with Gasteiger partial charge in [-0.25, -0.2) is 0 Å². The third-order valence-electron chi connectivity index (χ3n) is 9.45. The molecule has 5 heteroatoms. The second-order valence-electron chi connectivity index (χ2n) is 10.8. The molecule has 30 heavy (non-hydrogen) atoms. The lowest BCUT2D eigenvalue weighted by Gasteiger charge is -2.56. The number of nitrogens with one attached hydrogen (secondary N) is 2. The van der Waals surface area contributed by atoms with E-state index in [9.17, 15) is 10.2 Å². The molecule has 1 aromatic rings. The number of aliphatic hydroxyl groups is 2. The predicted octanol–water partition coefficient (Wildman–Crippen LogP) is 3.20. The first-order chi connectivity index (χ1) is 14.3. The Labute approximate surface area is 181 Å². The molecule has 3 unspecified atom stereocenters. The molecule has 5 nitrogen and oxygen atoms in total. The predicted molar refractivity (Wildman–Crippen MR) is 121 cm³/mol. The van der Waals surface area contributed by atoms with Gasteiger partial charge in [-0.05, 0) is 91.7 Å². The highest BCUT2D eigenvalue weighted by atomic mass is 16.3. The van der Waals surface area contributed by atoms with E-state index in [-0.39, 0.29) is 35.5 Å². The van der Waals surface area contributed by atoms with E-state index in [2.05, 4.69) is 36.8 Å². The van der Waals surface area contributed by atoms with Crippen LogP contribution < -0.4 is 11.1 Å². The molecule has 0 aliphatic heterocycles. The zero-order valence-corrected chi connectivity index (χ0v) is 18.7. The van der Waals surface area contributed by atoms with E-state index in [1.807, 2.05) is 12.3 Å². The molecule has 3 aliphatic carbocycles. The Morgan fingerprint density at radius 3 is 2.73 bits per heavy atom. The van der Waals surface area contributed by atoms with Crippen LogP contribution >= 0.6 is 0 Å². The largest absolute Gasteiger partial charge is 0.396 e. The van der Waals surface area contributed by atoms with Crippen molar-refractivity contribution >= 4 is 0 Å². The van der Waals surface area contributed by atoms with Crippen molar-refractivity contribution in [3.05, 3.63) is 36.2 Å². The molecule has 0 aromatic carbocycles. The van der Waals surface area contributed by atoms with E-state index in [4.69, 9.17) is 5.73 Å². The minimum atomic E-state index is -0.270. The smallest absolute Gasteiger partial charge is 0.0544 e. The van der Waals surface area contributed by atoms with Crippen LogP contribution in [0.4, 0.5) is 0 Å². The molecule has 1 heterocycles. The fourth-order valence-electron chi connectivity index (χ4n) is 7.40. The van der Waals surface area contributed by atoms with Crippen molar-refractivity contribution in [2.24, 2.45) is 40.2 Å². The molecule has 0 amide bonds. The van der Waals surface area contributed by atoms with Crippen LogP contribution in [0.5, 0.6) is 0 Å². The highest BCUT2D eigenvalue weighted by Gasteiger charge is 2.58. The Morgan fingerprint density at radius 1 is 1.23 bits per heavy atom. The molecule has 4 rings (SSSR count). The van der Waals surface area contributed by atoms with Gasteiger partial charge in [0.2, 0.25) is 0 Å². The molecule has 3 aliphatic rings. The van der Waals surface area contributed by atoms with Gasteiger partial charge in [0.25, 0.3) is 0 Å². The maximum atomic E-state index is 10.3. The number of hydrogen-bond acceptors (Lipinski definition) is 4. The first-order valence-electron chi connectivity index (χ1n) is 11.9. The van der Waals surface area contributed by atoms with E-state index in [0.29, 0.717) is 17.8 Å². The Kier molecular flexibility index (Phi) is 6.19. The van der Waals surface area contributed by atoms with Gasteiger partial charge in [-0.2, -0.15) is 0 Å². The summed E-state index contributed by atoms with van der Waals surface area (Å²) < 4.78 is 0. The molecule has 0 radical (unpaired) electrons. The van der Waals surface area contributed by atoms with Gasteiger partial charge in [0, 0.05) is 31.1 Å². The molecule has 1 aromatic heterocycles. The van der Waals surface area contributed by atoms with Crippen LogP contribution in [0.25, 0.3) is 0 Å². The van der Waals surface area contributed by atoms with Crippen molar-refractivity contribution in [2.45, 2.75) is 71.1 Å². The molecule has 3 fully saturated rings. The molecule has 8 atom stereocenters. The number of nitrogens with two attached hydrogens (primary N) is 1. The zero-order chi connectivity index (χ0) is 21.5. The van der Waals surface area contributed by atoms with Crippen LogP contribution in [0.15, 0.2) is 30.5 Å². The van der Waals surface area contributed by atoms with Gasteiger partial charge in [-0.1, -0.05) is 26.0 Å². The summed E-state index contributed by atoms with van der Waals surface area (Å²) in [6.45, 7) is 11.2. The lowest BCUT2D eigenvalue weighted by atomic mass is 9.49. The van der Waals surface area contributed by atoms with Crippen molar-refractivity contribution in [1.82, 2.24) is 10.3 Å². The topological polar surface area (TPSA) is 94.3 Å². The van der Waals surface area contributed by atoms with Crippen LogP contribution in [-0.2, 0) is 6.54 Å². The van der Waals surface area contributed by atoms with Crippen molar-refractivity contribution in [3.63, 3.8) is 0 Å². The summed E-state index contributed by atoms with van der Waals surface area (Å²) in [4.78, 5) is 3.29. The number of H-pyrrole nitrogens is 1. The number of fused-ring (bicyclic) bond motifs is 1. The molecule has 0 bridgehead atoms. The van der Waals surface area contributed by atoms with Crippen LogP contribution in [-0.4, -0.2) is 40.5 Å². The van der Waals surface area contributed by atoms with Crippen molar-refractivity contribution in [2.75, 3.05) is 13.2 Å². The maximum absolute atomic E-state index is 10.3. The van der Waals surface area contributed by atoms with Crippen molar-refractivity contribution < 1.29 is 10.2 Å². The van der Waals surface area contributed by atoms with Crippen LogP contribution in [0.3, 0.4) is 0 Å². The average Bonchev–Trinajstić information content (AvgIpc) is 3.32. The Balaban J connectivity index is 1.60. The van der Waals surface area contributed by atoms with Crippen LogP contribution in [0, 0.1) is 34.5 Å². The zero-order valence-electron chi connectivity index (χ0n) is 18.7. The number of aliphatic hydroxyl groups excluding tert-OH is 2. The standard InChI is InChI=1S/C25H41N3O2/c1-16-23(26)12-22-20(14-27-13-18-5-4-10-28-18)21(7-9-24(16,22)2)25(3)8-6-19(30)11-17(25)15-29/h4-5,10,17,19-23,27-30H,1,6-9,11-15,26H2,2-3H3/t17-,19+,20-,21?,22?,23?,24-,25+/m1/s1. The minimum Gasteiger partial charge on any atom is -0.396 e. The molecular weight excluding hydrogens is 374 g/mol. The molecule has 0 saturated heterocycles. The van der Waals surface area contributed by atoms with Crippen LogP contribution in [0.1, 0.15) is 58.1 Å². The van der Waals surface area contributed by atoms with E-state index in [1.54, 1.807) is 0 Å².